The van der Waals surface area contributed by atoms with E-state index in [1.807, 2.05) is 0 Å². The highest BCUT2D eigenvalue weighted by Crippen LogP contribution is 2.23. The Balaban J connectivity index is 2.35. The molecule has 3 nitrogen and oxygen atoms in total. The topological polar surface area (TPSA) is 49.3 Å². The fraction of sp³-hybridized carbons (Fsp3) is 0.933. The minimum atomic E-state index is -0.783. The fourth-order valence-corrected chi connectivity index (χ4v) is 2.92. The number of hydrogen-bond donors (Lipinski definition) is 2. The number of carbonyl (C=O) groups is 1. The van der Waals surface area contributed by atoms with Gasteiger partial charge in [0.15, 0.2) is 0 Å². The van der Waals surface area contributed by atoms with Crippen molar-refractivity contribution in [2.45, 2.75) is 71.3 Å². The van der Waals surface area contributed by atoms with Crippen molar-refractivity contribution in [2.75, 3.05) is 6.54 Å². The lowest BCUT2D eigenvalue weighted by atomic mass is 9.93. The van der Waals surface area contributed by atoms with E-state index in [0.717, 1.165) is 19.3 Å². The molecule has 0 saturated heterocycles. The molecule has 1 fully saturated rings. The molecule has 0 spiro atoms. The molecule has 1 unspecified atom stereocenters. The van der Waals surface area contributed by atoms with Crippen molar-refractivity contribution in [2.24, 2.45) is 11.8 Å². The van der Waals surface area contributed by atoms with Gasteiger partial charge in [0.25, 0.3) is 0 Å². The Bertz CT molecular complexity index is 253. The van der Waals surface area contributed by atoms with Gasteiger partial charge in [-0.25, -0.2) is 0 Å². The van der Waals surface area contributed by atoms with Gasteiger partial charge in [-0.2, -0.15) is 0 Å². The summed E-state index contributed by atoms with van der Waals surface area (Å²) in [4.78, 5) is 12.1. The predicted molar refractivity (Wildman–Crippen MR) is 74.3 cm³/mol. The molecule has 2 N–H and O–H groups in total. The van der Waals surface area contributed by atoms with Gasteiger partial charge < -0.3 is 10.4 Å². The Hall–Kier alpha value is -0.570. The third-order valence-electron chi connectivity index (χ3n) is 3.72. The Morgan fingerprint density at radius 2 is 1.83 bits per heavy atom. The second-order valence-electron chi connectivity index (χ2n) is 6.50. The summed E-state index contributed by atoms with van der Waals surface area (Å²) in [7, 11) is 0. The van der Waals surface area contributed by atoms with Crippen LogP contribution in [0, 0.1) is 11.8 Å². The first kappa shape index (κ1) is 15.5. The molecule has 1 saturated carbocycles. The number of nitrogens with one attached hydrogen (secondary N) is 1. The molecule has 1 aliphatic rings. The molecule has 1 aliphatic carbocycles. The van der Waals surface area contributed by atoms with E-state index in [4.69, 9.17) is 0 Å². The van der Waals surface area contributed by atoms with Crippen LogP contribution < -0.4 is 5.32 Å². The van der Waals surface area contributed by atoms with E-state index in [-0.39, 0.29) is 11.8 Å². The van der Waals surface area contributed by atoms with E-state index in [1.54, 1.807) is 6.92 Å². The third kappa shape index (κ3) is 5.85. The zero-order valence-electron chi connectivity index (χ0n) is 12.2. The van der Waals surface area contributed by atoms with Crippen LogP contribution in [-0.2, 0) is 4.79 Å². The first-order valence-corrected chi connectivity index (χ1v) is 7.41. The Labute approximate surface area is 111 Å². The first-order chi connectivity index (χ1) is 8.41. The maximum absolute atomic E-state index is 12.1. The average molecular weight is 255 g/mol. The molecule has 3 heteroatoms. The van der Waals surface area contributed by atoms with E-state index < -0.39 is 5.60 Å². The molecule has 0 aromatic rings. The lowest BCUT2D eigenvalue weighted by Crippen LogP contribution is -2.43. The normalized spacial score (nSPS) is 21.4. The molecule has 0 aromatic carbocycles. The van der Waals surface area contributed by atoms with Crippen LogP contribution in [0.15, 0.2) is 0 Å². The smallest absolute Gasteiger partial charge is 0.223 e. The van der Waals surface area contributed by atoms with Gasteiger partial charge in [-0.05, 0) is 32.1 Å². The Morgan fingerprint density at radius 3 is 2.33 bits per heavy atom. The zero-order valence-corrected chi connectivity index (χ0v) is 12.2. The van der Waals surface area contributed by atoms with Crippen LogP contribution in [0.3, 0.4) is 0 Å². The third-order valence-corrected chi connectivity index (χ3v) is 3.72. The highest BCUT2D eigenvalue weighted by Gasteiger charge is 2.25. The second kappa shape index (κ2) is 7.13. The zero-order chi connectivity index (χ0) is 13.6. The molecular weight excluding hydrogens is 226 g/mol. The van der Waals surface area contributed by atoms with Crippen molar-refractivity contribution < 1.29 is 9.90 Å². The maximum atomic E-state index is 12.1. The SMILES string of the molecule is CC(C)CC(C)(O)CNC(=O)C1CCCCCC1. The lowest BCUT2D eigenvalue weighted by molar-refractivity contribution is -0.126. The molecule has 0 aliphatic heterocycles. The number of aliphatic hydroxyl groups is 1. The number of amides is 1. The van der Waals surface area contributed by atoms with Crippen molar-refractivity contribution in [3.63, 3.8) is 0 Å². The summed E-state index contributed by atoms with van der Waals surface area (Å²) >= 11 is 0. The number of hydrogen-bond acceptors (Lipinski definition) is 2. The molecule has 106 valence electrons. The standard InChI is InChI=1S/C15H29NO2/c1-12(2)10-15(3,18)11-16-14(17)13-8-6-4-5-7-9-13/h12-13,18H,4-11H2,1-3H3,(H,16,17). The molecule has 0 aromatic heterocycles. The largest absolute Gasteiger partial charge is 0.388 e. The summed E-state index contributed by atoms with van der Waals surface area (Å²) in [5.41, 5.74) is -0.783. The minimum absolute atomic E-state index is 0.140. The van der Waals surface area contributed by atoms with Crippen molar-refractivity contribution in [1.29, 1.82) is 0 Å². The van der Waals surface area contributed by atoms with Gasteiger partial charge in [0.05, 0.1) is 5.60 Å². The van der Waals surface area contributed by atoms with E-state index in [0.29, 0.717) is 12.5 Å². The van der Waals surface area contributed by atoms with Crippen molar-refractivity contribution in [1.82, 2.24) is 5.32 Å². The maximum Gasteiger partial charge on any atom is 0.223 e. The minimum Gasteiger partial charge on any atom is -0.388 e. The van der Waals surface area contributed by atoms with Gasteiger partial charge in [-0.15, -0.1) is 0 Å². The summed E-state index contributed by atoms with van der Waals surface area (Å²) < 4.78 is 0. The first-order valence-electron chi connectivity index (χ1n) is 7.41. The summed E-state index contributed by atoms with van der Waals surface area (Å²) in [6.07, 6.45) is 7.60. The van der Waals surface area contributed by atoms with Crippen LogP contribution in [0.1, 0.15) is 65.7 Å². The lowest BCUT2D eigenvalue weighted by Gasteiger charge is -2.26. The second-order valence-corrected chi connectivity index (χ2v) is 6.50. The van der Waals surface area contributed by atoms with Crippen LogP contribution in [0.2, 0.25) is 0 Å². The van der Waals surface area contributed by atoms with Gasteiger partial charge >= 0.3 is 0 Å². The number of carbonyl (C=O) groups excluding carboxylic acids is 1. The van der Waals surface area contributed by atoms with Gasteiger partial charge in [0, 0.05) is 12.5 Å². The van der Waals surface area contributed by atoms with Gasteiger partial charge in [-0.3, -0.25) is 4.79 Å². The van der Waals surface area contributed by atoms with Crippen molar-refractivity contribution in [3.05, 3.63) is 0 Å². The molecule has 0 heterocycles. The monoisotopic (exact) mass is 255 g/mol. The van der Waals surface area contributed by atoms with Crippen LogP contribution in [0.5, 0.6) is 0 Å². The average Bonchev–Trinajstić information content (AvgIpc) is 2.52. The van der Waals surface area contributed by atoms with Gasteiger partial charge in [-0.1, -0.05) is 39.5 Å². The molecule has 1 atom stereocenters. The molecule has 1 amide bonds. The quantitative estimate of drug-likeness (QED) is 0.742. The summed E-state index contributed by atoms with van der Waals surface area (Å²) in [5, 5.41) is 13.1. The number of rotatable bonds is 5. The van der Waals surface area contributed by atoms with Crippen LogP contribution in [-0.4, -0.2) is 23.2 Å². The molecule has 0 bridgehead atoms. The molecular formula is C15H29NO2. The van der Waals surface area contributed by atoms with Gasteiger partial charge in [0.1, 0.15) is 0 Å². The summed E-state index contributed by atoms with van der Waals surface area (Å²) in [6, 6.07) is 0. The van der Waals surface area contributed by atoms with Crippen LogP contribution in [0.25, 0.3) is 0 Å². The Kier molecular flexibility index (Phi) is 6.13. The van der Waals surface area contributed by atoms with E-state index >= 15 is 0 Å². The highest BCUT2D eigenvalue weighted by molar-refractivity contribution is 5.78. The van der Waals surface area contributed by atoms with Crippen LogP contribution >= 0.6 is 0 Å². The van der Waals surface area contributed by atoms with Crippen molar-refractivity contribution >= 4 is 5.91 Å². The molecule has 18 heavy (non-hydrogen) atoms. The van der Waals surface area contributed by atoms with Crippen molar-refractivity contribution in [3.8, 4) is 0 Å². The van der Waals surface area contributed by atoms with E-state index in [2.05, 4.69) is 19.2 Å². The highest BCUT2D eigenvalue weighted by atomic mass is 16.3. The predicted octanol–water partition coefficient (Wildman–Crippen LogP) is 2.87. The molecule has 1 rings (SSSR count). The fourth-order valence-electron chi connectivity index (χ4n) is 2.92. The van der Waals surface area contributed by atoms with E-state index in [9.17, 15) is 9.90 Å². The Morgan fingerprint density at radius 1 is 1.28 bits per heavy atom. The van der Waals surface area contributed by atoms with Crippen LogP contribution in [0.4, 0.5) is 0 Å². The summed E-state index contributed by atoms with van der Waals surface area (Å²) in [5.74, 6) is 0.748. The van der Waals surface area contributed by atoms with Gasteiger partial charge in [0.2, 0.25) is 5.91 Å². The van der Waals surface area contributed by atoms with E-state index in [1.165, 1.54) is 25.7 Å². The molecule has 0 radical (unpaired) electrons. The summed E-state index contributed by atoms with van der Waals surface area (Å²) in [6.45, 7) is 6.35.